The first-order valence-corrected chi connectivity index (χ1v) is 19.7. The maximum Gasteiger partial charge on any atom is 0.245 e. The van der Waals surface area contributed by atoms with Crippen molar-refractivity contribution in [1.29, 1.82) is 0 Å². The number of nitrogens with zero attached hydrogens (tertiary/aromatic N) is 11. The van der Waals surface area contributed by atoms with Gasteiger partial charge in [0.15, 0.2) is 11.5 Å². The Balaban J connectivity index is 1.11. The van der Waals surface area contributed by atoms with Gasteiger partial charge in [-0.05, 0) is 57.0 Å². The Morgan fingerprint density at radius 3 is 2.53 bits per heavy atom. The minimum atomic E-state index is -0.834. The van der Waals surface area contributed by atoms with Crippen LogP contribution in [-0.4, -0.2) is 127 Å². The lowest BCUT2D eigenvalue weighted by Crippen LogP contribution is -2.72. The zero-order valence-electron chi connectivity index (χ0n) is 32.8. The van der Waals surface area contributed by atoms with Crippen LogP contribution in [0.5, 0.6) is 0 Å². The van der Waals surface area contributed by atoms with Crippen LogP contribution in [0.15, 0.2) is 54.7 Å². The molecule has 0 aliphatic carbocycles. The number of halogens is 3. The summed E-state index contributed by atoms with van der Waals surface area (Å²) in [4.78, 5) is 55.2. The van der Waals surface area contributed by atoms with Gasteiger partial charge in [-0.3, -0.25) is 9.59 Å². The second kappa shape index (κ2) is 13.9. The number of fused-ring (bicyclic) bond motifs is 8. The molecule has 0 radical (unpaired) electrons. The summed E-state index contributed by atoms with van der Waals surface area (Å²) in [6.07, 6.45) is 2.04. The second-order valence-electron chi connectivity index (χ2n) is 15.7. The van der Waals surface area contributed by atoms with Crippen LogP contribution in [0, 0.1) is 24.4 Å². The number of hydrogen-bond acceptors (Lipinski definition) is 11. The number of carbonyl (C=O) groups is 2. The molecule has 9 heterocycles. The lowest BCUT2D eigenvalue weighted by atomic mass is 9.87. The molecular weight excluding hydrogens is 766 g/mol. The number of likely N-dealkylation sites (N-methyl/N-ethyl adjacent to an activating group) is 2. The monoisotopic (exact) mass is 806 g/mol. The number of nitrogens with one attached hydrogen (secondary N) is 1. The van der Waals surface area contributed by atoms with Gasteiger partial charge in [-0.15, -0.1) is 0 Å². The number of aromatic nitrogens is 7. The van der Waals surface area contributed by atoms with Gasteiger partial charge in [-0.25, -0.2) is 27.8 Å². The Hall–Kier alpha value is -6.30. The van der Waals surface area contributed by atoms with Gasteiger partial charge in [0.1, 0.15) is 46.9 Å². The van der Waals surface area contributed by atoms with E-state index in [2.05, 4.69) is 15.4 Å². The predicted octanol–water partition coefficient (Wildman–Crippen LogP) is 4.31. The van der Waals surface area contributed by atoms with Crippen molar-refractivity contribution in [3.8, 4) is 16.9 Å². The number of benzene rings is 2. The fourth-order valence-corrected chi connectivity index (χ4v) is 9.28. The average Bonchev–Trinajstić information content (AvgIpc) is 3.91. The summed E-state index contributed by atoms with van der Waals surface area (Å²) in [7, 11) is 3.33. The summed E-state index contributed by atoms with van der Waals surface area (Å²) >= 11 is 0. The number of piperidine rings is 1. The summed E-state index contributed by atoms with van der Waals surface area (Å²) in [5.41, 5.74) is 2.54. The van der Waals surface area contributed by atoms with Crippen molar-refractivity contribution in [2.45, 2.75) is 63.5 Å². The molecular formula is C41H41F3N12O3. The topological polar surface area (TPSA) is 143 Å². The number of ether oxygens (including phenoxy) is 1. The molecule has 4 aromatic heterocycles. The average molecular weight is 807 g/mol. The zero-order valence-corrected chi connectivity index (χ0v) is 32.8. The van der Waals surface area contributed by atoms with Gasteiger partial charge in [0.05, 0.1) is 47.0 Å². The molecule has 2 aromatic carbocycles. The number of rotatable bonds is 5. The van der Waals surface area contributed by atoms with Crippen molar-refractivity contribution < 1.29 is 27.5 Å². The SMILES string of the molecule is CCN1CC2C[C@H](C1=O)N2c1nc(N2CC3C[C@H]2C(=O)N(C)C[C@H](OC)Cn2c(C)nc4cc(F)cc(c42)-c2cccc(n2)N3)c2cnn(-c3ccc(F)cc3F)c2n1. The van der Waals surface area contributed by atoms with Crippen LogP contribution < -0.4 is 15.1 Å². The molecule has 1 N–H and O–H groups in total. The number of carbonyl (C=O) groups excluding carboxylic acids is 2. The standard InChI is InChI=1S/C41H41F3N12O3/c1-5-52-18-25-15-34(40(52)58)55(25)41-49-37(28-16-45-56(38(28)50-41)32-10-9-22(42)12-29(32)44)54-17-24-14-33(54)39(57)51(3)19-26(59-4)20-53-21(2)46-31-13-23(43)11-27(36(31)53)30-7-6-8-35(47-24)48-30/h6-13,16,24-26,33-34H,5,14-15,17-20H2,1-4H3,(H,47,48)/t24?,25?,26-,33-,34+/m0/s1. The van der Waals surface area contributed by atoms with Gasteiger partial charge in [0.25, 0.3) is 0 Å². The van der Waals surface area contributed by atoms with E-state index < -0.39 is 35.6 Å². The molecule has 11 rings (SSSR count). The second-order valence-corrected chi connectivity index (χ2v) is 15.7. The van der Waals surface area contributed by atoms with Gasteiger partial charge in [-0.2, -0.15) is 15.1 Å². The third kappa shape index (κ3) is 6.02. The lowest BCUT2D eigenvalue weighted by molar-refractivity contribution is -0.139. The predicted molar refractivity (Wildman–Crippen MR) is 213 cm³/mol. The van der Waals surface area contributed by atoms with E-state index in [9.17, 15) is 14.0 Å². The van der Waals surface area contributed by atoms with Gasteiger partial charge >= 0.3 is 0 Å². The molecule has 59 heavy (non-hydrogen) atoms. The van der Waals surface area contributed by atoms with Crippen LogP contribution in [0.4, 0.5) is 30.8 Å². The fraction of sp³-hybridized carbons (Fsp3) is 0.390. The molecule has 304 valence electrons. The summed E-state index contributed by atoms with van der Waals surface area (Å²) in [5, 5.41) is 8.50. The third-order valence-corrected chi connectivity index (χ3v) is 12.2. The van der Waals surface area contributed by atoms with E-state index in [0.29, 0.717) is 77.6 Å². The Morgan fingerprint density at radius 2 is 1.75 bits per heavy atom. The van der Waals surface area contributed by atoms with Crippen LogP contribution in [-0.2, 0) is 20.9 Å². The number of piperazine rings is 1. The van der Waals surface area contributed by atoms with Crippen molar-refractivity contribution >= 4 is 51.5 Å². The molecule has 4 saturated heterocycles. The molecule has 5 atom stereocenters. The first-order valence-electron chi connectivity index (χ1n) is 19.7. The normalized spacial score (nSPS) is 23.1. The number of imidazole rings is 1. The molecule has 0 spiro atoms. The summed E-state index contributed by atoms with van der Waals surface area (Å²) in [6.45, 7) is 5.72. The third-order valence-electron chi connectivity index (χ3n) is 12.2. The van der Waals surface area contributed by atoms with Gasteiger partial charge < -0.3 is 34.2 Å². The summed E-state index contributed by atoms with van der Waals surface area (Å²) < 4.78 is 53.9. The van der Waals surface area contributed by atoms with Crippen molar-refractivity contribution in [2.75, 3.05) is 55.5 Å². The fourth-order valence-electron chi connectivity index (χ4n) is 9.28. The molecule has 5 aliphatic heterocycles. The van der Waals surface area contributed by atoms with Crippen LogP contribution in [0.3, 0.4) is 0 Å². The number of hydrogen-bond donors (Lipinski definition) is 1. The minimum absolute atomic E-state index is 0.0211. The molecule has 0 saturated carbocycles. The molecule has 2 unspecified atom stereocenters. The minimum Gasteiger partial charge on any atom is -0.378 e. The Morgan fingerprint density at radius 1 is 0.898 bits per heavy atom. The Bertz CT molecular complexity index is 2690. The van der Waals surface area contributed by atoms with Crippen LogP contribution >= 0.6 is 0 Å². The number of aryl methyl sites for hydroxylation is 1. The highest BCUT2D eigenvalue weighted by Crippen LogP contribution is 2.40. The highest BCUT2D eigenvalue weighted by molar-refractivity contribution is 5.95. The maximum atomic E-state index is 15.4. The number of amides is 2. The molecule has 4 fully saturated rings. The Labute approximate surface area is 336 Å². The quantitative estimate of drug-likeness (QED) is 0.267. The van der Waals surface area contributed by atoms with Crippen LogP contribution in [0.2, 0.25) is 0 Å². The molecule has 6 bridgehead atoms. The molecule has 15 nitrogen and oxygen atoms in total. The van der Waals surface area contributed by atoms with E-state index in [0.717, 1.165) is 12.1 Å². The van der Waals surface area contributed by atoms with Crippen molar-refractivity contribution in [3.05, 3.63) is 78.0 Å². The summed E-state index contributed by atoms with van der Waals surface area (Å²) in [5.74, 6) is -0.404. The highest BCUT2D eigenvalue weighted by Gasteiger charge is 2.52. The van der Waals surface area contributed by atoms with E-state index in [-0.39, 0.29) is 54.3 Å². The molecule has 5 aliphatic rings. The smallest absolute Gasteiger partial charge is 0.245 e. The first-order chi connectivity index (χ1) is 28.5. The van der Waals surface area contributed by atoms with E-state index in [4.69, 9.17) is 19.7 Å². The Kier molecular flexibility index (Phi) is 8.73. The van der Waals surface area contributed by atoms with Crippen molar-refractivity contribution in [3.63, 3.8) is 0 Å². The maximum absolute atomic E-state index is 15.4. The molecule has 6 aromatic rings. The van der Waals surface area contributed by atoms with Crippen molar-refractivity contribution in [2.24, 2.45) is 0 Å². The van der Waals surface area contributed by atoms with Gasteiger partial charge in [0, 0.05) is 64.1 Å². The van der Waals surface area contributed by atoms with E-state index in [1.54, 1.807) is 19.1 Å². The van der Waals surface area contributed by atoms with E-state index in [1.165, 1.54) is 29.1 Å². The van der Waals surface area contributed by atoms with E-state index >= 15 is 8.78 Å². The molecule has 2 amide bonds. The van der Waals surface area contributed by atoms with Crippen LogP contribution in [0.1, 0.15) is 25.6 Å². The van der Waals surface area contributed by atoms with Gasteiger partial charge in [-0.1, -0.05) is 6.07 Å². The van der Waals surface area contributed by atoms with Crippen molar-refractivity contribution in [1.82, 2.24) is 44.1 Å². The zero-order chi connectivity index (χ0) is 40.9. The number of anilines is 3. The summed E-state index contributed by atoms with van der Waals surface area (Å²) in [6, 6.07) is 10.0. The lowest BCUT2D eigenvalue weighted by Gasteiger charge is -2.55. The van der Waals surface area contributed by atoms with Gasteiger partial charge in [0.2, 0.25) is 17.8 Å². The van der Waals surface area contributed by atoms with E-state index in [1.807, 2.05) is 51.3 Å². The molecule has 18 heteroatoms. The largest absolute Gasteiger partial charge is 0.378 e. The van der Waals surface area contributed by atoms with Crippen LogP contribution in [0.25, 0.3) is 39.0 Å². The number of pyridine rings is 1. The number of methoxy groups -OCH3 is 1. The first kappa shape index (κ1) is 37.0. The highest BCUT2D eigenvalue weighted by atomic mass is 19.1.